The Morgan fingerprint density at radius 1 is 0.868 bits per heavy atom. The lowest BCUT2D eigenvalue weighted by Crippen LogP contribution is -2.39. The molecule has 2 heterocycles. The maximum atomic E-state index is 13.0. The van der Waals surface area contributed by atoms with E-state index in [0.29, 0.717) is 55.4 Å². The van der Waals surface area contributed by atoms with Crippen molar-refractivity contribution >= 4 is 47.1 Å². The highest BCUT2D eigenvalue weighted by molar-refractivity contribution is 8.00. The molecule has 4 aliphatic rings. The monoisotopic (exact) mass is 546 g/mol. The van der Waals surface area contributed by atoms with Gasteiger partial charge in [-0.2, -0.15) is 0 Å². The number of hydrogen-bond acceptors (Lipinski definition) is 8. The molecule has 2 saturated carbocycles. The van der Waals surface area contributed by atoms with Gasteiger partial charge in [0.2, 0.25) is 11.8 Å². The Morgan fingerprint density at radius 2 is 1.47 bits per heavy atom. The summed E-state index contributed by atoms with van der Waals surface area (Å²) in [6.07, 6.45) is 9.67. The summed E-state index contributed by atoms with van der Waals surface area (Å²) in [6, 6.07) is 0. The number of allylic oxidation sites excluding steroid dienone is 1. The number of hydrogen-bond donors (Lipinski definition) is 0. The van der Waals surface area contributed by atoms with Gasteiger partial charge >= 0.3 is 5.97 Å². The predicted molar refractivity (Wildman–Crippen MR) is 140 cm³/mol. The van der Waals surface area contributed by atoms with E-state index in [-0.39, 0.29) is 48.2 Å². The van der Waals surface area contributed by atoms with E-state index >= 15 is 0 Å². The number of ketones is 1. The van der Waals surface area contributed by atoms with Crippen molar-refractivity contribution in [2.75, 3.05) is 12.3 Å². The van der Waals surface area contributed by atoms with E-state index in [1.54, 1.807) is 17.8 Å². The normalized spacial score (nSPS) is 30.2. The molecular weight excluding hydrogens is 508 g/mol. The van der Waals surface area contributed by atoms with E-state index in [2.05, 4.69) is 6.58 Å². The summed E-state index contributed by atoms with van der Waals surface area (Å²) in [4.78, 5) is 80.2. The zero-order valence-electron chi connectivity index (χ0n) is 21.9. The van der Waals surface area contributed by atoms with E-state index in [0.717, 1.165) is 37.9 Å². The molecule has 9 nitrogen and oxygen atoms in total. The van der Waals surface area contributed by atoms with Gasteiger partial charge in [0.1, 0.15) is 5.78 Å². The summed E-state index contributed by atoms with van der Waals surface area (Å²) >= 11 is 1.58. The highest BCUT2D eigenvalue weighted by Crippen LogP contribution is 2.36. The molecule has 4 amide bonds. The largest absolute Gasteiger partial charge is 0.336 e. The molecule has 2 aliphatic heterocycles. The first kappa shape index (κ1) is 28.5. The number of nitrogens with zero attached hydrogens (tertiary/aromatic N) is 2. The van der Waals surface area contributed by atoms with Gasteiger partial charge in [-0.05, 0) is 75.4 Å². The summed E-state index contributed by atoms with van der Waals surface area (Å²) in [5, 5.41) is 0.250. The molecular formula is C28H38N2O7S. The summed E-state index contributed by atoms with van der Waals surface area (Å²) in [5.41, 5.74) is 0. The Bertz CT molecular complexity index is 950. The van der Waals surface area contributed by atoms with Crippen molar-refractivity contribution < 1.29 is 33.6 Å². The van der Waals surface area contributed by atoms with E-state index in [1.807, 2.05) is 0 Å². The number of amides is 4. The lowest BCUT2D eigenvalue weighted by atomic mass is 9.80. The zero-order chi connectivity index (χ0) is 27.2. The quantitative estimate of drug-likeness (QED) is 0.285. The molecule has 1 atom stereocenters. The van der Waals surface area contributed by atoms with E-state index in [9.17, 15) is 28.8 Å². The van der Waals surface area contributed by atoms with Crippen molar-refractivity contribution in [2.24, 2.45) is 23.7 Å². The number of hydroxylamine groups is 2. The van der Waals surface area contributed by atoms with Gasteiger partial charge in [-0.25, -0.2) is 4.79 Å². The molecule has 4 rings (SSSR count). The molecule has 0 N–H and O–H groups in total. The summed E-state index contributed by atoms with van der Waals surface area (Å²) in [6.45, 7) is 4.06. The Balaban J connectivity index is 1.16. The zero-order valence-corrected chi connectivity index (χ0v) is 22.8. The van der Waals surface area contributed by atoms with Crippen LogP contribution >= 0.6 is 11.8 Å². The minimum absolute atomic E-state index is 0.0641. The van der Waals surface area contributed by atoms with Crippen LogP contribution in [0.15, 0.2) is 12.7 Å². The SMILES string of the molecule is C=CCCC(=O)[C@H]1CC[C@H](CSC2CC(=O)N(C[C@H]3CC[C@H](C(=O)ON4C(=O)CCC4=O)CC3)C2=O)CC1. The first-order chi connectivity index (χ1) is 18.3. The lowest BCUT2D eigenvalue weighted by molar-refractivity contribution is -0.201. The number of rotatable bonds is 11. The second-order valence-electron chi connectivity index (χ2n) is 11.1. The van der Waals surface area contributed by atoms with Crippen molar-refractivity contribution in [3.8, 4) is 0 Å². The van der Waals surface area contributed by atoms with Crippen LogP contribution in [-0.2, 0) is 33.6 Å². The minimum Gasteiger partial charge on any atom is -0.330 e. The molecule has 2 aliphatic carbocycles. The van der Waals surface area contributed by atoms with Gasteiger partial charge in [-0.1, -0.05) is 6.08 Å². The van der Waals surface area contributed by atoms with Crippen molar-refractivity contribution in [2.45, 2.75) is 88.7 Å². The number of thioether (sulfide) groups is 1. The Morgan fingerprint density at radius 3 is 2.11 bits per heavy atom. The third kappa shape index (κ3) is 6.93. The van der Waals surface area contributed by atoms with Crippen molar-refractivity contribution in [1.82, 2.24) is 9.96 Å². The first-order valence-electron chi connectivity index (χ1n) is 13.9. The molecule has 0 bridgehead atoms. The van der Waals surface area contributed by atoms with Crippen LogP contribution in [0, 0.1) is 23.7 Å². The number of carbonyl (C=O) groups is 6. The molecule has 2 saturated heterocycles. The van der Waals surface area contributed by atoms with Crippen LogP contribution in [-0.4, -0.2) is 62.9 Å². The molecule has 10 heteroatoms. The maximum absolute atomic E-state index is 13.0. The van der Waals surface area contributed by atoms with Crippen LogP contribution in [0.2, 0.25) is 0 Å². The van der Waals surface area contributed by atoms with Gasteiger partial charge in [0.05, 0.1) is 11.2 Å². The number of imide groups is 2. The smallest absolute Gasteiger partial charge is 0.330 e. The second-order valence-corrected chi connectivity index (χ2v) is 12.3. The van der Waals surface area contributed by atoms with Gasteiger partial charge in [0.15, 0.2) is 0 Å². The molecule has 0 spiro atoms. The molecule has 4 fully saturated rings. The standard InChI is InChI=1S/C28H38N2O7S/c1-2-3-4-22(31)20-9-7-19(8-10-20)17-38-23-15-26(34)29(27(23)35)16-18-5-11-21(12-6-18)28(36)37-30-24(32)13-14-25(30)33/h2,18-21,23H,1,3-17H2/t18-,19-,20-,21-,23?. The molecule has 0 aromatic heterocycles. The number of carbonyl (C=O) groups excluding carboxylic acids is 6. The van der Waals surface area contributed by atoms with Gasteiger partial charge < -0.3 is 4.84 Å². The predicted octanol–water partition coefficient (Wildman–Crippen LogP) is 3.60. The third-order valence-electron chi connectivity index (χ3n) is 8.44. The molecule has 208 valence electrons. The topological polar surface area (TPSA) is 118 Å². The number of Topliss-reactive ketones (excluding diaryl/α,β-unsaturated/α-hetero) is 1. The fourth-order valence-electron chi connectivity index (χ4n) is 5.99. The molecule has 38 heavy (non-hydrogen) atoms. The summed E-state index contributed by atoms with van der Waals surface area (Å²) in [7, 11) is 0. The summed E-state index contributed by atoms with van der Waals surface area (Å²) in [5.74, 6) is -0.247. The van der Waals surface area contributed by atoms with Crippen molar-refractivity contribution in [3.05, 3.63) is 12.7 Å². The maximum Gasteiger partial charge on any atom is 0.336 e. The Hall–Kier alpha value is -2.49. The Labute approximate surface area is 228 Å². The molecule has 1 unspecified atom stereocenters. The molecule has 0 aromatic rings. The second kappa shape index (κ2) is 13.0. The highest BCUT2D eigenvalue weighted by atomic mass is 32.2. The van der Waals surface area contributed by atoms with Crippen LogP contribution in [0.25, 0.3) is 0 Å². The van der Waals surface area contributed by atoms with Crippen LogP contribution < -0.4 is 0 Å². The van der Waals surface area contributed by atoms with Gasteiger partial charge in [0.25, 0.3) is 11.8 Å². The Kier molecular flexibility index (Phi) is 9.79. The number of likely N-dealkylation sites (tertiary alicyclic amines) is 1. The van der Waals surface area contributed by atoms with Gasteiger partial charge in [-0.15, -0.1) is 23.4 Å². The van der Waals surface area contributed by atoms with E-state index in [1.165, 1.54) is 4.90 Å². The summed E-state index contributed by atoms with van der Waals surface area (Å²) < 4.78 is 0. The molecule has 0 radical (unpaired) electrons. The van der Waals surface area contributed by atoms with Gasteiger partial charge in [0, 0.05) is 38.1 Å². The highest BCUT2D eigenvalue weighted by Gasteiger charge is 2.41. The van der Waals surface area contributed by atoms with E-state index < -0.39 is 23.7 Å². The fourth-order valence-corrected chi connectivity index (χ4v) is 7.36. The minimum atomic E-state index is -0.563. The van der Waals surface area contributed by atoms with Gasteiger partial charge in [-0.3, -0.25) is 28.9 Å². The molecule has 0 aromatic carbocycles. The lowest BCUT2D eigenvalue weighted by Gasteiger charge is -2.30. The van der Waals surface area contributed by atoms with Crippen LogP contribution in [0.1, 0.15) is 83.5 Å². The average Bonchev–Trinajstić information content (AvgIpc) is 3.38. The average molecular weight is 547 g/mol. The van der Waals surface area contributed by atoms with Crippen LogP contribution in [0.4, 0.5) is 0 Å². The van der Waals surface area contributed by atoms with Crippen molar-refractivity contribution in [1.29, 1.82) is 0 Å². The first-order valence-corrected chi connectivity index (χ1v) is 15.0. The van der Waals surface area contributed by atoms with E-state index in [4.69, 9.17) is 4.84 Å². The fraction of sp³-hybridized carbons (Fsp3) is 0.714. The third-order valence-corrected chi connectivity index (χ3v) is 9.88. The van der Waals surface area contributed by atoms with Crippen molar-refractivity contribution in [3.63, 3.8) is 0 Å². The van der Waals surface area contributed by atoms with Crippen LogP contribution in [0.5, 0.6) is 0 Å². The van der Waals surface area contributed by atoms with Crippen LogP contribution in [0.3, 0.4) is 0 Å².